The summed E-state index contributed by atoms with van der Waals surface area (Å²) in [5, 5.41) is 12.8. The molecule has 1 aliphatic carbocycles. The molecule has 2 aromatic carbocycles. The molecule has 0 radical (unpaired) electrons. The number of amides is 2. The summed E-state index contributed by atoms with van der Waals surface area (Å²) in [6.07, 6.45) is -0.467. The summed E-state index contributed by atoms with van der Waals surface area (Å²) in [4.78, 5) is 34.3. The van der Waals surface area contributed by atoms with Crippen LogP contribution in [0, 0.1) is 5.92 Å². The van der Waals surface area contributed by atoms with Crippen molar-refractivity contribution in [3.8, 4) is 11.1 Å². The molecule has 2 aromatic rings. The van der Waals surface area contributed by atoms with Gasteiger partial charge >= 0.3 is 18.0 Å². The second kappa shape index (κ2) is 9.76. The Bertz CT molecular complexity index is 966. The number of ether oxygens (including phenoxy) is 1. The molecule has 9 heteroatoms. The van der Waals surface area contributed by atoms with Crippen LogP contribution in [0.4, 0.5) is 13.6 Å². The van der Waals surface area contributed by atoms with Gasteiger partial charge < -0.3 is 20.5 Å². The quantitative estimate of drug-likeness (QED) is 0.548. The van der Waals surface area contributed by atoms with Crippen LogP contribution in [0.1, 0.15) is 30.4 Å². The van der Waals surface area contributed by atoms with Crippen LogP contribution in [0.2, 0.25) is 0 Å². The van der Waals surface area contributed by atoms with Crippen molar-refractivity contribution in [2.75, 3.05) is 19.7 Å². The lowest BCUT2D eigenvalue weighted by molar-refractivity contribution is -0.164. The van der Waals surface area contributed by atoms with Crippen LogP contribution in [-0.2, 0) is 14.3 Å². The molecule has 0 saturated carbocycles. The number of nitrogens with one attached hydrogen (secondary N) is 2. The van der Waals surface area contributed by atoms with Crippen molar-refractivity contribution in [3.63, 3.8) is 0 Å². The average Bonchev–Trinajstić information content (AvgIpc) is 3.09. The Balaban J connectivity index is 1.44. The number of benzene rings is 2. The SMILES string of the molecule is CC(CCNC(=O)OCC1c2ccccc2-c2ccccc21)C(=O)NCC(F)(F)C(=O)O. The molecule has 0 bridgehead atoms. The van der Waals surface area contributed by atoms with Gasteiger partial charge in [0.15, 0.2) is 0 Å². The van der Waals surface area contributed by atoms with Gasteiger partial charge in [0.2, 0.25) is 5.91 Å². The molecular weight excluding hydrogens is 422 g/mol. The fraction of sp³-hybridized carbons (Fsp3) is 0.348. The molecule has 0 saturated heterocycles. The molecule has 3 rings (SSSR count). The van der Waals surface area contributed by atoms with Gasteiger partial charge in [-0.05, 0) is 28.7 Å². The molecule has 170 valence electrons. The summed E-state index contributed by atoms with van der Waals surface area (Å²) in [6.45, 7) is 0.458. The fourth-order valence-corrected chi connectivity index (χ4v) is 3.62. The maximum absolute atomic E-state index is 13.0. The molecule has 1 unspecified atom stereocenters. The number of hydrogen-bond acceptors (Lipinski definition) is 4. The zero-order chi connectivity index (χ0) is 23.3. The van der Waals surface area contributed by atoms with E-state index in [1.54, 1.807) is 0 Å². The minimum absolute atomic E-state index is 0.0752. The molecule has 0 spiro atoms. The molecule has 3 N–H and O–H groups in total. The van der Waals surface area contributed by atoms with Crippen molar-refractivity contribution in [2.24, 2.45) is 5.92 Å². The summed E-state index contributed by atoms with van der Waals surface area (Å²) in [7, 11) is 0. The maximum Gasteiger partial charge on any atom is 0.407 e. The predicted molar refractivity (Wildman–Crippen MR) is 112 cm³/mol. The molecule has 2 amide bonds. The zero-order valence-electron chi connectivity index (χ0n) is 17.4. The molecule has 0 fully saturated rings. The van der Waals surface area contributed by atoms with E-state index in [4.69, 9.17) is 9.84 Å². The topological polar surface area (TPSA) is 105 Å². The highest BCUT2D eigenvalue weighted by Gasteiger charge is 2.39. The number of halogens is 2. The Morgan fingerprint density at radius 1 is 1.03 bits per heavy atom. The lowest BCUT2D eigenvalue weighted by Crippen LogP contribution is -2.44. The van der Waals surface area contributed by atoms with Gasteiger partial charge in [-0.2, -0.15) is 8.78 Å². The van der Waals surface area contributed by atoms with E-state index in [2.05, 4.69) is 5.32 Å². The Hall–Kier alpha value is -3.49. The van der Waals surface area contributed by atoms with E-state index in [0.29, 0.717) is 0 Å². The fourth-order valence-electron chi connectivity index (χ4n) is 3.62. The number of aliphatic carboxylic acids is 1. The van der Waals surface area contributed by atoms with Gasteiger partial charge in [-0.3, -0.25) is 4.79 Å². The smallest absolute Gasteiger partial charge is 0.407 e. The van der Waals surface area contributed by atoms with Gasteiger partial charge in [-0.1, -0.05) is 55.5 Å². The molecule has 0 aromatic heterocycles. The van der Waals surface area contributed by atoms with E-state index >= 15 is 0 Å². The van der Waals surface area contributed by atoms with Gasteiger partial charge in [-0.15, -0.1) is 0 Å². The third-order valence-electron chi connectivity index (χ3n) is 5.44. The number of carbonyl (C=O) groups excluding carboxylic acids is 2. The summed E-state index contributed by atoms with van der Waals surface area (Å²) in [6, 6.07) is 15.9. The van der Waals surface area contributed by atoms with Crippen LogP contribution in [0.5, 0.6) is 0 Å². The molecule has 0 aliphatic heterocycles. The number of alkyl carbamates (subject to hydrolysis) is 1. The van der Waals surface area contributed by atoms with Crippen LogP contribution in [0.3, 0.4) is 0 Å². The van der Waals surface area contributed by atoms with E-state index in [9.17, 15) is 23.2 Å². The van der Waals surface area contributed by atoms with E-state index in [-0.39, 0.29) is 25.5 Å². The second-order valence-electron chi connectivity index (χ2n) is 7.67. The number of fused-ring (bicyclic) bond motifs is 3. The van der Waals surface area contributed by atoms with Crippen LogP contribution in [0.25, 0.3) is 11.1 Å². The predicted octanol–water partition coefficient (Wildman–Crippen LogP) is 3.39. The van der Waals surface area contributed by atoms with Gasteiger partial charge in [0.05, 0.1) is 6.54 Å². The highest BCUT2D eigenvalue weighted by atomic mass is 19.3. The molecule has 0 heterocycles. The monoisotopic (exact) mass is 446 g/mol. The summed E-state index contributed by atoms with van der Waals surface area (Å²) in [5.41, 5.74) is 4.41. The number of hydrogen-bond donors (Lipinski definition) is 3. The van der Waals surface area contributed by atoms with E-state index < -0.39 is 36.4 Å². The Morgan fingerprint density at radius 3 is 2.16 bits per heavy atom. The second-order valence-corrected chi connectivity index (χ2v) is 7.67. The first-order valence-corrected chi connectivity index (χ1v) is 10.2. The van der Waals surface area contributed by atoms with Gasteiger partial charge in [-0.25, -0.2) is 9.59 Å². The number of alkyl halides is 2. The summed E-state index contributed by atoms with van der Waals surface area (Å²) >= 11 is 0. The minimum Gasteiger partial charge on any atom is -0.477 e. The highest BCUT2D eigenvalue weighted by Crippen LogP contribution is 2.44. The first-order chi connectivity index (χ1) is 15.2. The number of carboxylic acid groups (broad SMARTS) is 1. The molecule has 32 heavy (non-hydrogen) atoms. The molecule has 1 atom stereocenters. The Morgan fingerprint density at radius 2 is 1.59 bits per heavy atom. The minimum atomic E-state index is -4.03. The average molecular weight is 446 g/mol. The number of rotatable bonds is 9. The highest BCUT2D eigenvalue weighted by molar-refractivity contribution is 5.81. The van der Waals surface area contributed by atoms with Crippen molar-refractivity contribution >= 4 is 18.0 Å². The van der Waals surface area contributed by atoms with Crippen molar-refractivity contribution in [1.29, 1.82) is 0 Å². The lowest BCUT2D eigenvalue weighted by atomic mass is 9.98. The first kappa shape index (κ1) is 23.2. The van der Waals surface area contributed by atoms with Crippen LogP contribution in [0.15, 0.2) is 48.5 Å². The molecule has 1 aliphatic rings. The number of carboxylic acids is 1. The van der Waals surface area contributed by atoms with E-state index in [1.807, 2.05) is 53.8 Å². The maximum atomic E-state index is 13.0. The Kier molecular flexibility index (Phi) is 7.07. The van der Waals surface area contributed by atoms with Crippen molar-refractivity contribution < 1.29 is 33.0 Å². The summed E-state index contributed by atoms with van der Waals surface area (Å²) in [5.74, 6) is -7.83. The standard InChI is InChI=1S/C23H24F2N2O5/c1-14(20(28)27-13-23(24,25)21(29)30)10-11-26-22(31)32-12-19-17-8-4-2-6-15(17)16-7-3-5-9-18(16)19/h2-9,14,19H,10-13H2,1H3,(H,26,31)(H,27,28)(H,29,30). The normalized spacial score (nSPS) is 13.6. The first-order valence-electron chi connectivity index (χ1n) is 10.2. The third kappa shape index (κ3) is 5.22. The lowest BCUT2D eigenvalue weighted by Gasteiger charge is -2.16. The van der Waals surface area contributed by atoms with Crippen molar-refractivity contribution in [3.05, 3.63) is 59.7 Å². The van der Waals surface area contributed by atoms with Crippen LogP contribution < -0.4 is 10.6 Å². The molecule has 7 nitrogen and oxygen atoms in total. The largest absolute Gasteiger partial charge is 0.477 e. The van der Waals surface area contributed by atoms with Crippen LogP contribution >= 0.6 is 0 Å². The van der Waals surface area contributed by atoms with E-state index in [1.165, 1.54) is 6.92 Å². The summed E-state index contributed by atoms with van der Waals surface area (Å²) < 4.78 is 31.5. The van der Waals surface area contributed by atoms with Crippen LogP contribution in [-0.4, -0.2) is 48.7 Å². The third-order valence-corrected chi connectivity index (χ3v) is 5.44. The van der Waals surface area contributed by atoms with Gasteiger partial charge in [0.1, 0.15) is 6.61 Å². The zero-order valence-corrected chi connectivity index (χ0v) is 17.4. The van der Waals surface area contributed by atoms with Gasteiger partial charge in [0, 0.05) is 18.4 Å². The van der Waals surface area contributed by atoms with E-state index in [0.717, 1.165) is 22.3 Å². The number of carbonyl (C=O) groups is 3. The van der Waals surface area contributed by atoms with Crippen molar-refractivity contribution in [1.82, 2.24) is 10.6 Å². The Labute approximate surface area is 183 Å². The van der Waals surface area contributed by atoms with Gasteiger partial charge in [0.25, 0.3) is 0 Å². The molecular formula is C23H24F2N2O5. The van der Waals surface area contributed by atoms with Crippen molar-refractivity contribution in [2.45, 2.75) is 25.2 Å².